The standard InChI is InChI=1S/C13H16F3NO2/c14-13(15,16)11-3-1-2-4-12(11)19-8-7-17-6-5-10(18)9-17/h1-4,10,18H,5-9H2. The zero-order valence-electron chi connectivity index (χ0n) is 10.4. The van der Waals surface area contributed by atoms with Gasteiger partial charge in [0.25, 0.3) is 0 Å². The Balaban J connectivity index is 1.89. The monoisotopic (exact) mass is 275 g/mol. The van der Waals surface area contributed by atoms with Crippen molar-refractivity contribution in [3.8, 4) is 5.75 Å². The third-order valence-electron chi connectivity index (χ3n) is 3.11. The Morgan fingerprint density at radius 2 is 2.05 bits per heavy atom. The molecule has 1 aromatic rings. The Kier molecular flexibility index (Phi) is 4.31. The summed E-state index contributed by atoms with van der Waals surface area (Å²) in [4.78, 5) is 1.97. The van der Waals surface area contributed by atoms with E-state index in [2.05, 4.69) is 0 Å². The van der Waals surface area contributed by atoms with Crippen LogP contribution in [0, 0.1) is 0 Å². The summed E-state index contributed by atoms with van der Waals surface area (Å²) in [7, 11) is 0. The highest BCUT2D eigenvalue weighted by molar-refractivity contribution is 5.35. The van der Waals surface area contributed by atoms with Gasteiger partial charge in [-0.1, -0.05) is 12.1 Å². The molecule has 0 spiro atoms. The van der Waals surface area contributed by atoms with Gasteiger partial charge in [-0.15, -0.1) is 0 Å². The van der Waals surface area contributed by atoms with E-state index in [9.17, 15) is 18.3 Å². The fraction of sp³-hybridized carbons (Fsp3) is 0.538. The van der Waals surface area contributed by atoms with Gasteiger partial charge in [-0.05, 0) is 18.6 Å². The minimum Gasteiger partial charge on any atom is -0.492 e. The average molecular weight is 275 g/mol. The predicted octanol–water partition coefficient (Wildman–Crippen LogP) is 2.15. The van der Waals surface area contributed by atoms with E-state index < -0.39 is 11.7 Å². The number of para-hydroxylation sites is 1. The van der Waals surface area contributed by atoms with Gasteiger partial charge in [-0.25, -0.2) is 0 Å². The number of rotatable bonds is 4. The number of benzene rings is 1. The molecule has 1 saturated heterocycles. The van der Waals surface area contributed by atoms with Crippen molar-refractivity contribution in [3.63, 3.8) is 0 Å². The van der Waals surface area contributed by atoms with Gasteiger partial charge in [-0.2, -0.15) is 13.2 Å². The second-order valence-corrected chi connectivity index (χ2v) is 4.59. The molecule has 0 radical (unpaired) electrons. The van der Waals surface area contributed by atoms with Crippen LogP contribution in [0.2, 0.25) is 0 Å². The zero-order chi connectivity index (χ0) is 13.9. The second kappa shape index (κ2) is 5.79. The molecule has 1 unspecified atom stereocenters. The van der Waals surface area contributed by atoms with Gasteiger partial charge < -0.3 is 9.84 Å². The van der Waals surface area contributed by atoms with E-state index in [-0.39, 0.29) is 18.5 Å². The van der Waals surface area contributed by atoms with E-state index in [1.165, 1.54) is 18.2 Å². The number of halogens is 3. The first kappa shape index (κ1) is 14.1. The number of hydrogen-bond acceptors (Lipinski definition) is 3. The molecule has 1 aromatic carbocycles. The fourth-order valence-electron chi connectivity index (χ4n) is 2.13. The molecule has 1 aliphatic rings. The Labute approximate surface area is 109 Å². The van der Waals surface area contributed by atoms with Crippen LogP contribution in [-0.4, -0.2) is 42.4 Å². The molecule has 0 saturated carbocycles. The number of ether oxygens (including phenoxy) is 1. The number of likely N-dealkylation sites (tertiary alicyclic amines) is 1. The molecule has 1 heterocycles. The lowest BCUT2D eigenvalue weighted by atomic mass is 10.2. The lowest BCUT2D eigenvalue weighted by molar-refractivity contribution is -0.139. The summed E-state index contributed by atoms with van der Waals surface area (Å²) in [5, 5.41) is 9.34. The van der Waals surface area contributed by atoms with Crippen molar-refractivity contribution in [1.29, 1.82) is 0 Å². The number of β-amino-alcohol motifs (C(OH)–C–C–N with tert-alkyl or cyclic N) is 1. The zero-order valence-corrected chi connectivity index (χ0v) is 10.4. The predicted molar refractivity (Wildman–Crippen MR) is 64.0 cm³/mol. The second-order valence-electron chi connectivity index (χ2n) is 4.59. The van der Waals surface area contributed by atoms with E-state index >= 15 is 0 Å². The maximum atomic E-state index is 12.7. The number of alkyl halides is 3. The lowest BCUT2D eigenvalue weighted by Gasteiger charge is -2.17. The summed E-state index contributed by atoms with van der Waals surface area (Å²) in [6.45, 7) is 2.01. The van der Waals surface area contributed by atoms with Crippen LogP contribution in [0.25, 0.3) is 0 Å². The maximum Gasteiger partial charge on any atom is 0.419 e. The van der Waals surface area contributed by atoms with Gasteiger partial charge in [0.1, 0.15) is 12.4 Å². The van der Waals surface area contributed by atoms with Crippen LogP contribution < -0.4 is 4.74 Å². The summed E-state index contributed by atoms with van der Waals surface area (Å²) >= 11 is 0. The van der Waals surface area contributed by atoms with Gasteiger partial charge in [-0.3, -0.25) is 4.90 Å². The first-order valence-corrected chi connectivity index (χ1v) is 6.16. The normalized spacial score (nSPS) is 20.7. The molecule has 0 aliphatic carbocycles. The molecule has 0 bridgehead atoms. The van der Waals surface area contributed by atoms with Gasteiger partial charge in [0.15, 0.2) is 0 Å². The minimum absolute atomic E-state index is 0.144. The average Bonchev–Trinajstić information content (AvgIpc) is 2.74. The van der Waals surface area contributed by atoms with Crippen LogP contribution in [0.5, 0.6) is 5.75 Å². The highest BCUT2D eigenvalue weighted by Gasteiger charge is 2.34. The fourth-order valence-corrected chi connectivity index (χ4v) is 2.13. The molecule has 0 amide bonds. The van der Waals surface area contributed by atoms with E-state index in [0.717, 1.165) is 12.6 Å². The van der Waals surface area contributed by atoms with Crippen LogP contribution in [0.3, 0.4) is 0 Å². The summed E-state index contributed by atoms with van der Waals surface area (Å²) in [6.07, 6.45) is -4.03. The first-order chi connectivity index (χ1) is 8.97. The van der Waals surface area contributed by atoms with Crippen molar-refractivity contribution < 1.29 is 23.0 Å². The summed E-state index contributed by atoms with van der Waals surface area (Å²) < 4.78 is 43.3. The first-order valence-electron chi connectivity index (χ1n) is 6.16. The van der Waals surface area contributed by atoms with Gasteiger partial charge in [0.2, 0.25) is 0 Å². The van der Waals surface area contributed by atoms with Crippen LogP contribution >= 0.6 is 0 Å². The van der Waals surface area contributed by atoms with E-state index in [1.807, 2.05) is 4.90 Å². The molecule has 2 rings (SSSR count). The van der Waals surface area contributed by atoms with Crippen LogP contribution in [0.1, 0.15) is 12.0 Å². The van der Waals surface area contributed by atoms with Crippen molar-refractivity contribution in [2.75, 3.05) is 26.2 Å². The molecular weight excluding hydrogens is 259 g/mol. The Bertz CT molecular complexity index is 423. The molecule has 1 atom stereocenters. The van der Waals surface area contributed by atoms with Gasteiger partial charge in [0.05, 0.1) is 11.7 Å². The third kappa shape index (κ3) is 3.84. The molecule has 1 fully saturated rings. The third-order valence-corrected chi connectivity index (χ3v) is 3.11. The van der Waals surface area contributed by atoms with E-state index in [0.29, 0.717) is 19.5 Å². The maximum absolute atomic E-state index is 12.7. The van der Waals surface area contributed by atoms with Crippen molar-refractivity contribution >= 4 is 0 Å². The largest absolute Gasteiger partial charge is 0.492 e. The van der Waals surface area contributed by atoms with Crippen LogP contribution in [0.15, 0.2) is 24.3 Å². The molecule has 1 N–H and O–H groups in total. The Hall–Kier alpha value is -1.27. The van der Waals surface area contributed by atoms with E-state index in [4.69, 9.17) is 4.74 Å². The SMILES string of the molecule is OC1CCN(CCOc2ccccc2C(F)(F)F)C1. The molecule has 3 nitrogen and oxygen atoms in total. The number of hydrogen-bond donors (Lipinski definition) is 1. The van der Waals surface area contributed by atoms with Crippen LogP contribution in [-0.2, 0) is 6.18 Å². The van der Waals surface area contributed by atoms with Crippen molar-refractivity contribution in [3.05, 3.63) is 29.8 Å². The molecule has 19 heavy (non-hydrogen) atoms. The number of aliphatic hydroxyl groups is 1. The summed E-state index contributed by atoms with van der Waals surface area (Å²) in [5.41, 5.74) is -0.753. The van der Waals surface area contributed by atoms with Crippen molar-refractivity contribution in [1.82, 2.24) is 4.90 Å². The quantitative estimate of drug-likeness (QED) is 0.914. The lowest BCUT2D eigenvalue weighted by Crippen LogP contribution is -2.27. The molecule has 106 valence electrons. The smallest absolute Gasteiger partial charge is 0.419 e. The van der Waals surface area contributed by atoms with Gasteiger partial charge >= 0.3 is 6.18 Å². The van der Waals surface area contributed by atoms with Crippen LogP contribution in [0.4, 0.5) is 13.2 Å². The van der Waals surface area contributed by atoms with Crippen molar-refractivity contribution in [2.45, 2.75) is 18.7 Å². The minimum atomic E-state index is -4.40. The molecule has 0 aromatic heterocycles. The number of nitrogens with zero attached hydrogens (tertiary/aromatic N) is 1. The topological polar surface area (TPSA) is 32.7 Å². The van der Waals surface area contributed by atoms with Gasteiger partial charge in [0, 0.05) is 19.6 Å². The Morgan fingerprint density at radius 1 is 1.32 bits per heavy atom. The number of aliphatic hydroxyl groups excluding tert-OH is 1. The molecule has 1 aliphatic heterocycles. The van der Waals surface area contributed by atoms with E-state index in [1.54, 1.807) is 0 Å². The summed E-state index contributed by atoms with van der Waals surface area (Å²) in [6, 6.07) is 5.19. The molecular formula is C13H16F3NO2. The highest BCUT2D eigenvalue weighted by Crippen LogP contribution is 2.35. The Morgan fingerprint density at radius 3 is 2.68 bits per heavy atom. The highest BCUT2D eigenvalue weighted by atomic mass is 19.4. The summed E-state index contributed by atoms with van der Waals surface area (Å²) in [5.74, 6) is -0.144. The molecule has 6 heteroatoms. The van der Waals surface area contributed by atoms with Crippen molar-refractivity contribution in [2.24, 2.45) is 0 Å².